The molecule has 0 saturated heterocycles. The molecule has 0 aliphatic rings. The smallest absolute Gasteiger partial charge is 0.0461 e. The second-order valence-electron chi connectivity index (χ2n) is 8.48. The highest BCUT2D eigenvalue weighted by atomic mass is 14.7. The Labute approximate surface area is 192 Å². The van der Waals surface area contributed by atoms with Crippen LogP contribution in [0.2, 0.25) is 0 Å². The molecule has 32 heavy (non-hydrogen) atoms. The van der Waals surface area contributed by atoms with Crippen LogP contribution >= 0.6 is 0 Å². The summed E-state index contributed by atoms with van der Waals surface area (Å²) in [5.74, 6) is 0. The fourth-order valence-corrected chi connectivity index (χ4v) is 3.76. The molecule has 164 valence electrons. The molecule has 2 heteroatoms. The lowest BCUT2D eigenvalue weighted by Gasteiger charge is -2.09. The molecule has 2 nitrogen and oxygen atoms in total. The van der Waals surface area contributed by atoms with E-state index in [1.54, 1.807) is 0 Å². The third-order valence-corrected chi connectivity index (χ3v) is 5.56. The maximum absolute atomic E-state index is 5.80. The van der Waals surface area contributed by atoms with Crippen molar-refractivity contribution in [3.05, 3.63) is 119 Å². The van der Waals surface area contributed by atoms with Gasteiger partial charge in [0.25, 0.3) is 0 Å². The number of H-pyrrole nitrogens is 1. The minimum absolute atomic E-state index is 0.632. The van der Waals surface area contributed by atoms with Gasteiger partial charge in [0.2, 0.25) is 0 Å². The summed E-state index contributed by atoms with van der Waals surface area (Å²) in [5.41, 5.74) is 16.1. The van der Waals surface area contributed by atoms with Crippen molar-refractivity contribution in [1.82, 2.24) is 4.98 Å². The summed E-state index contributed by atoms with van der Waals surface area (Å²) in [6, 6.07) is 25.5. The summed E-state index contributed by atoms with van der Waals surface area (Å²) in [4.78, 5) is 3.39. The minimum atomic E-state index is 0.632. The van der Waals surface area contributed by atoms with Gasteiger partial charge >= 0.3 is 0 Å². The summed E-state index contributed by atoms with van der Waals surface area (Å²) < 4.78 is 0. The highest BCUT2D eigenvalue weighted by molar-refractivity contribution is 5.84. The van der Waals surface area contributed by atoms with E-state index in [0.717, 1.165) is 29.7 Å². The Morgan fingerprint density at radius 2 is 1.59 bits per heavy atom. The molecule has 3 aromatic carbocycles. The topological polar surface area (TPSA) is 41.8 Å². The fourth-order valence-electron chi connectivity index (χ4n) is 3.76. The second kappa shape index (κ2) is 10.7. The van der Waals surface area contributed by atoms with E-state index in [-0.39, 0.29) is 0 Å². The van der Waals surface area contributed by atoms with Gasteiger partial charge in [-0.15, -0.1) is 0 Å². The molecule has 0 radical (unpaired) electrons. The van der Waals surface area contributed by atoms with Crippen LogP contribution in [0.15, 0.2) is 86.0 Å². The van der Waals surface area contributed by atoms with Crippen LogP contribution in [0, 0.1) is 6.92 Å². The van der Waals surface area contributed by atoms with Crippen molar-refractivity contribution in [2.75, 3.05) is 0 Å². The van der Waals surface area contributed by atoms with Crippen molar-refractivity contribution in [2.45, 2.75) is 40.0 Å². The number of rotatable bonds is 6. The number of aromatic nitrogens is 1. The Bertz CT molecular complexity index is 1210. The number of aromatic amines is 1. The van der Waals surface area contributed by atoms with E-state index in [0.29, 0.717) is 5.70 Å². The highest BCUT2D eigenvalue weighted by Crippen LogP contribution is 2.21. The molecular weight excluding hydrogens is 388 g/mol. The highest BCUT2D eigenvalue weighted by Gasteiger charge is 2.04. The molecule has 0 spiro atoms. The lowest BCUT2D eigenvalue weighted by atomic mass is 9.98. The van der Waals surface area contributed by atoms with E-state index >= 15 is 0 Å². The summed E-state index contributed by atoms with van der Waals surface area (Å²) >= 11 is 0. The predicted molar refractivity (Wildman–Crippen MR) is 141 cm³/mol. The normalized spacial score (nSPS) is 10.5. The van der Waals surface area contributed by atoms with Crippen molar-refractivity contribution in [3.8, 4) is 0 Å². The zero-order valence-corrected chi connectivity index (χ0v) is 19.5. The number of nitrogens with one attached hydrogen (secondary N) is 1. The molecule has 0 atom stereocenters. The van der Waals surface area contributed by atoms with E-state index in [2.05, 4.69) is 86.6 Å². The van der Waals surface area contributed by atoms with Gasteiger partial charge in [0.1, 0.15) is 0 Å². The zero-order valence-electron chi connectivity index (χ0n) is 19.5. The van der Waals surface area contributed by atoms with E-state index in [9.17, 15) is 0 Å². The average Bonchev–Trinajstić information content (AvgIpc) is 3.20. The quantitative estimate of drug-likeness (QED) is 0.329. The molecule has 1 heterocycles. The Hall–Kier alpha value is -3.52. The summed E-state index contributed by atoms with van der Waals surface area (Å²) in [6.45, 7) is 14.1. The van der Waals surface area contributed by atoms with Crippen LogP contribution in [-0.2, 0) is 12.8 Å². The number of allylic oxidation sites excluding steroid dienone is 1. The van der Waals surface area contributed by atoms with Gasteiger partial charge in [-0.1, -0.05) is 92.7 Å². The summed E-state index contributed by atoms with van der Waals surface area (Å²) in [7, 11) is 0. The van der Waals surface area contributed by atoms with Crippen LogP contribution in [0.4, 0.5) is 0 Å². The molecule has 0 fully saturated rings. The van der Waals surface area contributed by atoms with Crippen molar-refractivity contribution in [3.63, 3.8) is 0 Å². The molecule has 3 N–H and O–H groups in total. The van der Waals surface area contributed by atoms with Crippen molar-refractivity contribution in [2.24, 2.45) is 5.73 Å². The molecule has 0 amide bonds. The van der Waals surface area contributed by atoms with Gasteiger partial charge in [-0.3, -0.25) is 0 Å². The Morgan fingerprint density at radius 1 is 0.906 bits per heavy atom. The van der Waals surface area contributed by atoms with Gasteiger partial charge in [-0.2, -0.15) is 0 Å². The molecule has 0 aliphatic heterocycles. The number of fused-ring (bicyclic) bond motifs is 1. The van der Waals surface area contributed by atoms with Crippen LogP contribution in [0.3, 0.4) is 0 Å². The maximum atomic E-state index is 5.80. The van der Waals surface area contributed by atoms with Crippen molar-refractivity contribution >= 4 is 22.2 Å². The molecule has 4 aromatic rings. The first-order valence-corrected chi connectivity index (χ1v) is 11.2. The van der Waals surface area contributed by atoms with Gasteiger partial charge in [-0.05, 0) is 61.1 Å². The SMILES string of the molecule is C=C(C)c1cc2ccc(CCC)cc2[nH]1.C=C(N)c1ccccc1Cc1ccc(C)cc1. The number of nitrogens with two attached hydrogens (primary N) is 1. The van der Waals surface area contributed by atoms with Gasteiger partial charge in [0.15, 0.2) is 0 Å². The van der Waals surface area contributed by atoms with Gasteiger partial charge < -0.3 is 10.7 Å². The first-order chi connectivity index (χ1) is 15.4. The predicted octanol–water partition coefficient (Wildman–Crippen LogP) is 7.67. The molecule has 0 unspecified atom stereocenters. The van der Waals surface area contributed by atoms with Crippen molar-refractivity contribution < 1.29 is 0 Å². The van der Waals surface area contributed by atoms with E-state index in [1.165, 1.54) is 39.6 Å². The lowest BCUT2D eigenvalue weighted by molar-refractivity contribution is 0.923. The maximum Gasteiger partial charge on any atom is 0.0461 e. The minimum Gasteiger partial charge on any atom is -0.399 e. The zero-order chi connectivity index (χ0) is 23.1. The molecule has 4 rings (SSSR count). The molecule has 0 saturated carbocycles. The van der Waals surface area contributed by atoms with Crippen LogP contribution in [-0.4, -0.2) is 4.98 Å². The lowest BCUT2D eigenvalue weighted by Crippen LogP contribution is -2.00. The summed E-state index contributed by atoms with van der Waals surface area (Å²) in [6.07, 6.45) is 3.24. The van der Waals surface area contributed by atoms with E-state index < -0.39 is 0 Å². The van der Waals surface area contributed by atoms with Crippen molar-refractivity contribution in [1.29, 1.82) is 0 Å². The Balaban J connectivity index is 0.000000182. The fraction of sp³-hybridized carbons (Fsp3) is 0.200. The van der Waals surface area contributed by atoms with E-state index in [4.69, 9.17) is 5.73 Å². The van der Waals surface area contributed by atoms with Gasteiger partial charge in [0, 0.05) is 27.9 Å². The molecule has 0 bridgehead atoms. The van der Waals surface area contributed by atoms with Crippen LogP contribution < -0.4 is 5.73 Å². The molecule has 0 aliphatic carbocycles. The van der Waals surface area contributed by atoms with Gasteiger partial charge in [0.05, 0.1) is 0 Å². The number of benzene rings is 3. The standard InChI is InChI=1S/C16H17N.C14H17N/c1-12-7-9-14(10-8-12)11-15-5-3-4-6-16(15)13(2)17;1-4-5-11-6-7-12-9-13(10(2)3)15-14(12)8-11/h3-10H,2,11,17H2,1H3;6-9,15H,2,4-5H2,1,3H3. The van der Waals surface area contributed by atoms with Crippen LogP contribution in [0.25, 0.3) is 22.2 Å². The molecular formula is C30H34N2. The first kappa shape index (κ1) is 23.1. The van der Waals surface area contributed by atoms with Gasteiger partial charge in [-0.25, -0.2) is 0 Å². The van der Waals surface area contributed by atoms with Crippen LogP contribution in [0.1, 0.15) is 53.8 Å². The number of aryl methyl sites for hydroxylation is 2. The third kappa shape index (κ3) is 6.01. The number of hydrogen-bond acceptors (Lipinski definition) is 1. The number of hydrogen-bond donors (Lipinski definition) is 2. The largest absolute Gasteiger partial charge is 0.399 e. The monoisotopic (exact) mass is 422 g/mol. The van der Waals surface area contributed by atoms with Crippen LogP contribution in [0.5, 0.6) is 0 Å². The van der Waals surface area contributed by atoms with E-state index in [1.807, 2.05) is 25.1 Å². The first-order valence-electron chi connectivity index (χ1n) is 11.2. The third-order valence-electron chi connectivity index (χ3n) is 5.56. The Kier molecular flexibility index (Phi) is 7.72. The molecule has 1 aromatic heterocycles. The summed E-state index contributed by atoms with van der Waals surface area (Å²) in [5, 5.41) is 1.27. The second-order valence-corrected chi connectivity index (χ2v) is 8.48. The average molecular weight is 423 g/mol. The Morgan fingerprint density at radius 3 is 2.25 bits per heavy atom.